The number of rotatable bonds is 6. The lowest BCUT2D eigenvalue weighted by molar-refractivity contribution is -0.198. The molecule has 1 atom stereocenters. The first-order valence-electron chi connectivity index (χ1n) is 13.9. The fourth-order valence-electron chi connectivity index (χ4n) is 6.13. The highest BCUT2D eigenvalue weighted by molar-refractivity contribution is 7.16. The molecule has 1 fully saturated rings. The third-order valence-corrected chi connectivity index (χ3v) is 9.39. The van der Waals surface area contributed by atoms with Crippen LogP contribution in [0.25, 0.3) is 33.2 Å². The van der Waals surface area contributed by atoms with E-state index in [1.165, 1.54) is 55.1 Å². The van der Waals surface area contributed by atoms with Gasteiger partial charge >= 0.3 is 0 Å². The van der Waals surface area contributed by atoms with Crippen molar-refractivity contribution in [2.75, 3.05) is 6.61 Å². The molecule has 4 aromatic rings. The highest BCUT2D eigenvalue weighted by Gasteiger charge is 2.23. The first-order chi connectivity index (χ1) is 18.8. The van der Waals surface area contributed by atoms with E-state index >= 15 is 0 Å². The molecule has 1 N–H and O–H groups in total. The van der Waals surface area contributed by atoms with Crippen molar-refractivity contribution in [3.05, 3.63) is 105 Å². The molecule has 3 aromatic carbocycles. The van der Waals surface area contributed by atoms with Gasteiger partial charge in [-0.25, -0.2) is 0 Å². The molecule has 192 valence electrons. The second kappa shape index (κ2) is 10.6. The molecular formula is C34H33NO2S. The molecule has 3 aliphatic rings. The van der Waals surface area contributed by atoms with Crippen LogP contribution in [0.3, 0.4) is 0 Å². The summed E-state index contributed by atoms with van der Waals surface area (Å²) in [4.78, 5) is 8.38. The lowest BCUT2D eigenvalue weighted by Gasteiger charge is -2.26. The number of ether oxygens (including phenoxy) is 1. The zero-order valence-electron chi connectivity index (χ0n) is 21.7. The van der Waals surface area contributed by atoms with Crippen molar-refractivity contribution >= 4 is 23.0 Å². The smallest absolute Gasteiger partial charge is 0.177 e. The predicted molar refractivity (Wildman–Crippen MR) is 157 cm³/mol. The molecule has 0 amide bonds. The van der Waals surface area contributed by atoms with Crippen molar-refractivity contribution in [1.29, 1.82) is 0 Å². The van der Waals surface area contributed by atoms with Gasteiger partial charge in [0.1, 0.15) is 0 Å². The van der Waals surface area contributed by atoms with Gasteiger partial charge in [0.25, 0.3) is 0 Å². The van der Waals surface area contributed by atoms with Crippen molar-refractivity contribution in [2.45, 2.75) is 57.8 Å². The van der Waals surface area contributed by atoms with E-state index in [0.29, 0.717) is 6.54 Å². The van der Waals surface area contributed by atoms with Crippen molar-refractivity contribution < 1.29 is 9.57 Å². The quantitative estimate of drug-likeness (QED) is 0.260. The Morgan fingerprint density at radius 1 is 0.789 bits per heavy atom. The zero-order valence-corrected chi connectivity index (χ0v) is 22.5. The van der Waals surface area contributed by atoms with Gasteiger partial charge < -0.3 is 4.74 Å². The minimum Gasteiger partial charge on any atom is -0.351 e. The summed E-state index contributed by atoms with van der Waals surface area (Å²) < 4.78 is 5.61. The van der Waals surface area contributed by atoms with E-state index in [-0.39, 0.29) is 6.29 Å². The molecule has 3 nitrogen and oxygen atoms in total. The van der Waals surface area contributed by atoms with Crippen molar-refractivity contribution in [1.82, 2.24) is 5.48 Å². The van der Waals surface area contributed by atoms with Crippen LogP contribution in [0.2, 0.25) is 0 Å². The maximum absolute atomic E-state index is 5.67. The Balaban J connectivity index is 1.05. The van der Waals surface area contributed by atoms with E-state index in [1.807, 2.05) is 11.3 Å². The second-order valence-corrected chi connectivity index (χ2v) is 11.7. The number of benzene rings is 3. The fraction of sp³-hybridized carbons (Fsp3) is 0.294. The van der Waals surface area contributed by atoms with Crippen LogP contribution in [0.1, 0.15) is 58.4 Å². The molecule has 0 saturated carbocycles. The fourth-order valence-corrected chi connectivity index (χ4v) is 7.18. The monoisotopic (exact) mass is 519 g/mol. The largest absolute Gasteiger partial charge is 0.351 e. The Kier molecular flexibility index (Phi) is 6.72. The highest BCUT2D eigenvalue weighted by atomic mass is 32.1. The van der Waals surface area contributed by atoms with E-state index in [2.05, 4.69) is 84.4 Å². The normalized spacial score (nSPS) is 18.3. The third-order valence-electron chi connectivity index (χ3n) is 8.18. The van der Waals surface area contributed by atoms with Crippen LogP contribution in [-0.2, 0) is 35.4 Å². The molecule has 7 rings (SSSR count). The molecule has 4 heteroatoms. The summed E-state index contributed by atoms with van der Waals surface area (Å²) in [5.41, 5.74) is 16.0. The summed E-state index contributed by atoms with van der Waals surface area (Å²) in [6.07, 6.45) is 10.2. The van der Waals surface area contributed by atoms with E-state index in [1.54, 1.807) is 11.1 Å². The molecule has 1 saturated heterocycles. The predicted octanol–water partition coefficient (Wildman–Crippen LogP) is 8.22. The Bertz CT molecular complexity index is 1480. The van der Waals surface area contributed by atoms with E-state index in [4.69, 9.17) is 9.57 Å². The number of fused-ring (bicyclic) bond motifs is 5. The molecule has 0 spiro atoms. The zero-order chi connectivity index (χ0) is 25.3. The SMILES string of the molecule is C1=C(c2ccc(-c3ccc(CNOC4CCCCO4)cc3)s2)CCc2c1ccc1c2CCc2ccccc2-1. The lowest BCUT2D eigenvalue weighted by atomic mass is 9.78. The van der Waals surface area contributed by atoms with Crippen LogP contribution in [0.5, 0.6) is 0 Å². The number of hydrogen-bond donors (Lipinski definition) is 1. The first kappa shape index (κ1) is 24.1. The van der Waals surface area contributed by atoms with Crippen LogP contribution in [-0.4, -0.2) is 12.9 Å². The standard InChI is InChI=1S/C34H33NO2S/c1-2-6-28-24(5-1)12-16-31-29-15-14-27(21-26(29)13-17-30(28)31)33-19-18-32(38-33)25-10-8-23(9-11-25)22-35-37-34-7-3-4-20-36-34/h1-2,5-6,8-11,13,17-19,21,34-35H,3-4,7,12,14-16,20,22H2. The average Bonchev–Trinajstić information content (AvgIpc) is 3.48. The summed E-state index contributed by atoms with van der Waals surface area (Å²) in [5, 5.41) is 0. The molecule has 1 aliphatic heterocycles. The molecule has 1 unspecified atom stereocenters. The molecular weight excluding hydrogens is 486 g/mol. The summed E-state index contributed by atoms with van der Waals surface area (Å²) in [5.74, 6) is 0. The van der Waals surface area contributed by atoms with Gasteiger partial charge in [0.05, 0.1) is 0 Å². The van der Waals surface area contributed by atoms with E-state index in [9.17, 15) is 0 Å². The van der Waals surface area contributed by atoms with Gasteiger partial charge in [-0.15, -0.1) is 11.3 Å². The second-order valence-electron chi connectivity index (χ2n) is 10.6. The van der Waals surface area contributed by atoms with Gasteiger partial charge in [-0.2, -0.15) is 5.48 Å². The Hall–Kier alpha value is -3.02. The minimum absolute atomic E-state index is 0.115. The number of aryl methyl sites for hydroxylation is 1. The molecule has 2 heterocycles. The lowest BCUT2D eigenvalue weighted by Crippen LogP contribution is -2.29. The minimum atomic E-state index is -0.115. The van der Waals surface area contributed by atoms with Crippen LogP contribution < -0.4 is 5.48 Å². The number of allylic oxidation sites excluding steroid dienone is 1. The van der Waals surface area contributed by atoms with Crippen LogP contribution in [0.15, 0.2) is 72.8 Å². The van der Waals surface area contributed by atoms with Gasteiger partial charge in [-0.1, -0.05) is 66.7 Å². The molecule has 38 heavy (non-hydrogen) atoms. The highest BCUT2D eigenvalue weighted by Crippen LogP contribution is 2.42. The van der Waals surface area contributed by atoms with Gasteiger partial charge in [-0.05, 0) is 101 Å². The van der Waals surface area contributed by atoms with Crippen LogP contribution in [0, 0.1) is 0 Å². The maximum Gasteiger partial charge on any atom is 0.177 e. The van der Waals surface area contributed by atoms with Crippen molar-refractivity contribution in [3.8, 4) is 21.6 Å². The molecule has 2 aliphatic carbocycles. The van der Waals surface area contributed by atoms with Crippen molar-refractivity contribution in [2.24, 2.45) is 0 Å². The van der Waals surface area contributed by atoms with E-state index < -0.39 is 0 Å². The molecule has 1 aromatic heterocycles. The molecule has 0 bridgehead atoms. The summed E-state index contributed by atoms with van der Waals surface area (Å²) in [6.45, 7) is 1.47. The number of nitrogens with one attached hydrogen (secondary N) is 1. The van der Waals surface area contributed by atoms with Gasteiger partial charge in [-0.3, -0.25) is 4.84 Å². The van der Waals surface area contributed by atoms with Gasteiger partial charge in [0.2, 0.25) is 0 Å². The van der Waals surface area contributed by atoms with Gasteiger partial charge in [0.15, 0.2) is 6.29 Å². The Morgan fingerprint density at radius 2 is 1.66 bits per heavy atom. The topological polar surface area (TPSA) is 30.5 Å². The maximum atomic E-state index is 5.67. The van der Waals surface area contributed by atoms with Crippen molar-refractivity contribution in [3.63, 3.8) is 0 Å². The Labute approximate surface area is 229 Å². The average molecular weight is 520 g/mol. The van der Waals surface area contributed by atoms with Crippen LogP contribution in [0.4, 0.5) is 0 Å². The summed E-state index contributed by atoms with van der Waals surface area (Å²) in [6, 6.07) is 27.0. The summed E-state index contributed by atoms with van der Waals surface area (Å²) in [7, 11) is 0. The number of thiophene rings is 1. The van der Waals surface area contributed by atoms with Crippen LogP contribution >= 0.6 is 11.3 Å². The number of hydrogen-bond acceptors (Lipinski definition) is 4. The van der Waals surface area contributed by atoms with Gasteiger partial charge in [0, 0.05) is 29.3 Å². The third kappa shape index (κ3) is 4.78. The summed E-state index contributed by atoms with van der Waals surface area (Å²) >= 11 is 1.90. The number of hydroxylamine groups is 1. The Morgan fingerprint density at radius 3 is 2.55 bits per heavy atom. The van der Waals surface area contributed by atoms with E-state index in [0.717, 1.165) is 45.1 Å². The first-order valence-corrected chi connectivity index (χ1v) is 14.8. The molecule has 0 radical (unpaired) electrons.